The molecule has 1 saturated carbocycles. The summed E-state index contributed by atoms with van der Waals surface area (Å²) in [5, 5.41) is 0. The van der Waals surface area contributed by atoms with Crippen LogP contribution in [0, 0.1) is 18.8 Å². The minimum Gasteiger partial charge on any atom is -0.0999 e. The molecule has 2 rings (SSSR count). The van der Waals surface area contributed by atoms with Gasteiger partial charge < -0.3 is 0 Å². The Hall–Kier alpha value is -1.04. The quantitative estimate of drug-likeness (QED) is 0.538. The van der Waals surface area contributed by atoms with Gasteiger partial charge in [-0.1, -0.05) is 68.7 Å². The van der Waals surface area contributed by atoms with Crippen molar-refractivity contribution in [3.8, 4) is 0 Å². The smallest absolute Gasteiger partial charge is 0.0208 e. The number of rotatable bonds is 4. The van der Waals surface area contributed by atoms with Crippen molar-refractivity contribution in [1.29, 1.82) is 0 Å². The van der Waals surface area contributed by atoms with Crippen LogP contribution in [0.5, 0.6) is 0 Å². The second-order valence-corrected chi connectivity index (χ2v) is 6.69. The van der Waals surface area contributed by atoms with Gasteiger partial charge in [-0.3, -0.25) is 0 Å². The summed E-state index contributed by atoms with van der Waals surface area (Å²) in [6.45, 7) is 12.8. The first kappa shape index (κ1) is 18.0. The van der Waals surface area contributed by atoms with Crippen molar-refractivity contribution in [2.75, 3.05) is 0 Å². The summed E-state index contributed by atoms with van der Waals surface area (Å²) in [5.74, 6) is 1.88. The second kappa shape index (κ2) is 9.82. The largest absolute Gasteiger partial charge is 0.0999 e. The van der Waals surface area contributed by atoms with Crippen LogP contribution in [0.2, 0.25) is 0 Å². The molecule has 0 aliphatic heterocycles. The molecule has 0 amide bonds. The predicted octanol–water partition coefficient (Wildman–Crippen LogP) is 6.73. The van der Waals surface area contributed by atoms with Gasteiger partial charge in [-0.2, -0.15) is 0 Å². The van der Waals surface area contributed by atoms with E-state index in [4.69, 9.17) is 0 Å². The zero-order valence-electron chi connectivity index (χ0n) is 14.6. The third kappa shape index (κ3) is 6.98. The fraction of sp³-hybridized carbons (Fsp3) is 0.619. The zero-order valence-corrected chi connectivity index (χ0v) is 14.6. The average molecular weight is 287 g/mol. The van der Waals surface area contributed by atoms with E-state index in [-0.39, 0.29) is 0 Å². The maximum Gasteiger partial charge on any atom is -0.0208 e. The highest BCUT2D eigenvalue weighted by Crippen LogP contribution is 2.34. The molecule has 0 heterocycles. The van der Waals surface area contributed by atoms with Crippen molar-refractivity contribution in [3.05, 3.63) is 47.5 Å². The molecule has 0 spiro atoms. The van der Waals surface area contributed by atoms with Gasteiger partial charge in [-0.15, -0.1) is 0 Å². The van der Waals surface area contributed by atoms with E-state index in [0.717, 1.165) is 18.3 Å². The molecule has 0 heteroatoms. The molecule has 1 fully saturated rings. The topological polar surface area (TPSA) is 0 Å². The molecule has 1 aliphatic rings. The Morgan fingerprint density at radius 1 is 1.05 bits per heavy atom. The van der Waals surface area contributed by atoms with Gasteiger partial charge >= 0.3 is 0 Å². The molecular formula is C21H34. The van der Waals surface area contributed by atoms with Gasteiger partial charge in [0.25, 0.3) is 0 Å². The van der Waals surface area contributed by atoms with Crippen LogP contribution in [0.1, 0.15) is 70.4 Å². The van der Waals surface area contributed by atoms with Crippen LogP contribution in [0.4, 0.5) is 0 Å². The lowest BCUT2D eigenvalue weighted by atomic mass is 9.78. The van der Waals surface area contributed by atoms with E-state index in [1.807, 2.05) is 0 Å². The van der Waals surface area contributed by atoms with E-state index in [1.165, 1.54) is 55.2 Å². The Kier molecular flexibility index (Phi) is 8.42. The van der Waals surface area contributed by atoms with E-state index >= 15 is 0 Å². The summed E-state index contributed by atoms with van der Waals surface area (Å²) < 4.78 is 0. The van der Waals surface area contributed by atoms with Crippen LogP contribution < -0.4 is 0 Å². The molecular weight excluding hydrogens is 252 g/mol. The lowest BCUT2D eigenvalue weighted by Crippen LogP contribution is -2.14. The van der Waals surface area contributed by atoms with Gasteiger partial charge in [0.2, 0.25) is 0 Å². The first-order valence-electron chi connectivity index (χ1n) is 8.77. The molecule has 0 saturated heterocycles. The van der Waals surface area contributed by atoms with Crippen LogP contribution in [0.15, 0.2) is 36.4 Å². The molecule has 0 N–H and O–H groups in total. The monoisotopic (exact) mass is 286 g/mol. The van der Waals surface area contributed by atoms with Crippen molar-refractivity contribution in [1.82, 2.24) is 0 Å². The predicted molar refractivity (Wildman–Crippen MR) is 95.7 cm³/mol. The third-order valence-corrected chi connectivity index (χ3v) is 4.77. The molecule has 0 nitrogen and oxygen atoms in total. The molecule has 0 atom stereocenters. The molecule has 1 aromatic rings. The van der Waals surface area contributed by atoms with Gasteiger partial charge in [-0.25, -0.2) is 0 Å². The van der Waals surface area contributed by atoms with E-state index in [2.05, 4.69) is 58.5 Å². The van der Waals surface area contributed by atoms with E-state index < -0.39 is 0 Å². The third-order valence-electron chi connectivity index (χ3n) is 4.77. The van der Waals surface area contributed by atoms with E-state index in [1.54, 1.807) is 0 Å². The Labute approximate surface area is 132 Å². The van der Waals surface area contributed by atoms with Gasteiger partial charge in [0.15, 0.2) is 0 Å². The minimum atomic E-state index is 0.845. The van der Waals surface area contributed by atoms with Gasteiger partial charge in [0.1, 0.15) is 0 Å². The van der Waals surface area contributed by atoms with E-state index in [9.17, 15) is 0 Å². The molecule has 0 aromatic heterocycles. The standard InChI is InChI=1S/C12H22.C9H12/c1-4-5-11-6-8-12(9-7-11)10(2)3;1-3-9-6-4-8(2)5-7-9/h11-12H,2,4-9H2,1,3H3;4-7H,3H2,1-2H3. The van der Waals surface area contributed by atoms with Gasteiger partial charge in [0.05, 0.1) is 0 Å². The number of hydrogen-bond acceptors (Lipinski definition) is 0. The molecule has 21 heavy (non-hydrogen) atoms. The van der Waals surface area contributed by atoms with Crippen molar-refractivity contribution in [3.63, 3.8) is 0 Å². The maximum absolute atomic E-state index is 4.05. The molecule has 0 radical (unpaired) electrons. The highest BCUT2D eigenvalue weighted by molar-refractivity contribution is 5.20. The summed E-state index contributed by atoms with van der Waals surface area (Å²) in [4.78, 5) is 0. The summed E-state index contributed by atoms with van der Waals surface area (Å²) in [7, 11) is 0. The van der Waals surface area contributed by atoms with Crippen LogP contribution in [-0.4, -0.2) is 0 Å². The summed E-state index contributed by atoms with van der Waals surface area (Å²) in [6.07, 6.45) is 9.66. The highest BCUT2D eigenvalue weighted by atomic mass is 14.3. The molecule has 0 bridgehead atoms. The second-order valence-electron chi connectivity index (χ2n) is 6.69. The Balaban J connectivity index is 0.000000219. The minimum absolute atomic E-state index is 0.845. The molecule has 0 unspecified atom stereocenters. The summed E-state index contributed by atoms with van der Waals surface area (Å²) in [6, 6.07) is 8.66. The summed E-state index contributed by atoms with van der Waals surface area (Å²) in [5.41, 5.74) is 4.16. The zero-order chi connectivity index (χ0) is 15.7. The fourth-order valence-electron chi connectivity index (χ4n) is 3.18. The molecule has 1 aromatic carbocycles. The van der Waals surface area contributed by atoms with E-state index in [0.29, 0.717) is 0 Å². The molecule has 118 valence electrons. The Morgan fingerprint density at radius 2 is 1.62 bits per heavy atom. The van der Waals surface area contributed by atoms with Crippen molar-refractivity contribution < 1.29 is 0 Å². The number of aryl methyl sites for hydroxylation is 2. The maximum atomic E-state index is 4.05. The SMILES string of the molecule is C=C(C)C1CCC(CCC)CC1.CCc1ccc(C)cc1. The van der Waals surface area contributed by atoms with Crippen LogP contribution in [0.3, 0.4) is 0 Å². The number of benzene rings is 1. The van der Waals surface area contributed by atoms with Gasteiger partial charge in [0, 0.05) is 0 Å². The highest BCUT2D eigenvalue weighted by Gasteiger charge is 2.20. The average Bonchev–Trinajstić information content (AvgIpc) is 2.50. The Bertz CT molecular complexity index is 391. The van der Waals surface area contributed by atoms with Crippen molar-refractivity contribution in [2.45, 2.75) is 72.6 Å². The number of allylic oxidation sites excluding steroid dienone is 1. The van der Waals surface area contributed by atoms with Gasteiger partial charge in [-0.05, 0) is 63.4 Å². The molecule has 1 aliphatic carbocycles. The summed E-state index contributed by atoms with van der Waals surface area (Å²) >= 11 is 0. The fourth-order valence-corrected chi connectivity index (χ4v) is 3.18. The van der Waals surface area contributed by atoms with Crippen molar-refractivity contribution >= 4 is 0 Å². The Morgan fingerprint density at radius 3 is 2.05 bits per heavy atom. The lowest BCUT2D eigenvalue weighted by molar-refractivity contribution is 0.286. The lowest BCUT2D eigenvalue weighted by Gasteiger charge is -2.28. The number of hydrogen-bond donors (Lipinski definition) is 0. The van der Waals surface area contributed by atoms with Crippen LogP contribution in [0.25, 0.3) is 0 Å². The first-order chi connectivity index (χ1) is 10.1. The van der Waals surface area contributed by atoms with Crippen LogP contribution in [-0.2, 0) is 6.42 Å². The van der Waals surface area contributed by atoms with Crippen molar-refractivity contribution in [2.24, 2.45) is 11.8 Å². The van der Waals surface area contributed by atoms with Crippen LogP contribution >= 0.6 is 0 Å². The first-order valence-corrected chi connectivity index (χ1v) is 8.77. The normalized spacial score (nSPS) is 21.3.